The maximum Gasteiger partial charge on any atom is 0.227 e. The van der Waals surface area contributed by atoms with Crippen LogP contribution in [0.15, 0.2) is 17.5 Å². The quantitative estimate of drug-likeness (QED) is 0.643. The van der Waals surface area contributed by atoms with Crippen LogP contribution in [0, 0.1) is 0 Å². The van der Waals surface area contributed by atoms with E-state index < -0.39 is 21.7 Å². The number of carbonyl (C=O) groups excluding carboxylic acids is 1. The number of thiophene rings is 1. The monoisotopic (exact) mass is 348 g/mol. The van der Waals surface area contributed by atoms with Crippen molar-refractivity contribution in [2.45, 2.75) is 24.5 Å². The van der Waals surface area contributed by atoms with E-state index in [4.69, 9.17) is 0 Å². The van der Waals surface area contributed by atoms with E-state index in [1.54, 1.807) is 0 Å². The van der Waals surface area contributed by atoms with Crippen LogP contribution >= 0.6 is 11.3 Å². The number of sulfonamides is 1. The molecule has 2 rings (SSSR count). The molecule has 124 valence electrons. The summed E-state index contributed by atoms with van der Waals surface area (Å²) in [6, 6.07) is 3.74. The highest BCUT2D eigenvalue weighted by atomic mass is 32.2. The summed E-state index contributed by atoms with van der Waals surface area (Å²) in [5.41, 5.74) is -1.55. The topological polar surface area (TPSA) is 107 Å². The number of carbonyl (C=O) groups is 1. The first kappa shape index (κ1) is 17.4. The van der Waals surface area contributed by atoms with Crippen LogP contribution in [-0.2, 0) is 21.2 Å². The Labute approximate surface area is 133 Å². The van der Waals surface area contributed by atoms with Gasteiger partial charge >= 0.3 is 0 Å². The van der Waals surface area contributed by atoms with Crippen molar-refractivity contribution in [1.29, 1.82) is 0 Å². The Morgan fingerprint density at radius 2 is 2.32 bits per heavy atom. The Bertz CT molecular complexity index is 616. The van der Waals surface area contributed by atoms with Crippen molar-refractivity contribution in [1.82, 2.24) is 9.62 Å². The van der Waals surface area contributed by atoms with Gasteiger partial charge in [-0.15, -0.1) is 11.3 Å². The molecule has 1 aromatic heterocycles. The first-order chi connectivity index (χ1) is 10.2. The molecule has 7 nitrogen and oxygen atoms in total. The Kier molecular flexibility index (Phi) is 5.23. The molecular formula is C13H20N2O5S2. The second-order valence-electron chi connectivity index (χ2n) is 5.56. The van der Waals surface area contributed by atoms with Crippen LogP contribution in [0.3, 0.4) is 0 Å². The molecule has 9 heteroatoms. The Morgan fingerprint density at radius 3 is 2.86 bits per heavy atom. The van der Waals surface area contributed by atoms with Crippen molar-refractivity contribution in [3.63, 3.8) is 0 Å². The van der Waals surface area contributed by atoms with Gasteiger partial charge in [-0.1, -0.05) is 6.07 Å². The van der Waals surface area contributed by atoms with E-state index in [2.05, 4.69) is 4.72 Å². The number of rotatable bonds is 5. The Balaban J connectivity index is 1.92. The van der Waals surface area contributed by atoms with E-state index in [0.29, 0.717) is 0 Å². The van der Waals surface area contributed by atoms with Gasteiger partial charge in [-0.3, -0.25) is 4.79 Å². The normalized spacial score (nSPS) is 26.1. The lowest BCUT2D eigenvalue weighted by Gasteiger charge is -2.42. The molecule has 1 aliphatic rings. The predicted octanol–water partition coefficient (Wildman–Crippen LogP) is -0.836. The fourth-order valence-electron chi connectivity index (χ4n) is 2.33. The van der Waals surface area contributed by atoms with E-state index in [1.165, 1.54) is 16.2 Å². The number of nitrogens with one attached hydrogen (secondary N) is 1. The minimum Gasteiger partial charge on any atom is -0.388 e. The van der Waals surface area contributed by atoms with Gasteiger partial charge in [-0.2, -0.15) is 0 Å². The summed E-state index contributed by atoms with van der Waals surface area (Å²) in [6.45, 7) is 0.00924. The Morgan fingerprint density at radius 1 is 1.59 bits per heavy atom. The lowest BCUT2D eigenvalue weighted by molar-refractivity contribution is -0.147. The minimum atomic E-state index is -3.45. The number of aliphatic hydroxyl groups excluding tert-OH is 1. The Hall–Kier alpha value is -1.00. The number of likely N-dealkylation sites (tertiary alicyclic amines) is 1. The summed E-state index contributed by atoms with van der Waals surface area (Å²) >= 11 is 1.49. The van der Waals surface area contributed by atoms with E-state index in [0.717, 1.165) is 11.1 Å². The van der Waals surface area contributed by atoms with Crippen LogP contribution in [0.25, 0.3) is 0 Å². The van der Waals surface area contributed by atoms with Crippen molar-refractivity contribution in [3.05, 3.63) is 22.4 Å². The number of hydrogen-bond acceptors (Lipinski definition) is 6. The van der Waals surface area contributed by atoms with Gasteiger partial charge in [0, 0.05) is 24.5 Å². The van der Waals surface area contributed by atoms with Crippen molar-refractivity contribution >= 4 is 27.3 Å². The number of piperidine rings is 1. The van der Waals surface area contributed by atoms with Gasteiger partial charge in [-0.25, -0.2) is 13.1 Å². The zero-order valence-electron chi connectivity index (χ0n) is 12.2. The highest BCUT2D eigenvalue weighted by Crippen LogP contribution is 2.23. The molecule has 0 bridgehead atoms. The lowest BCUT2D eigenvalue weighted by Crippen LogP contribution is -2.61. The third-order valence-electron chi connectivity index (χ3n) is 3.73. The zero-order valence-corrected chi connectivity index (χ0v) is 13.9. The van der Waals surface area contributed by atoms with Crippen molar-refractivity contribution in [3.8, 4) is 0 Å². The SMILES string of the molecule is CS(=O)(=O)NC[C@]1(O)CCN(C(=O)Cc2cccs2)C[C@H]1O. The fraction of sp³-hybridized carbons (Fsp3) is 0.615. The molecule has 1 aliphatic heterocycles. The molecule has 0 spiro atoms. The second kappa shape index (κ2) is 6.63. The second-order valence-corrected chi connectivity index (χ2v) is 8.42. The molecule has 0 aromatic carbocycles. The summed E-state index contributed by atoms with van der Waals surface area (Å²) in [5, 5.41) is 22.3. The van der Waals surface area contributed by atoms with Crippen LogP contribution < -0.4 is 4.72 Å². The van der Waals surface area contributed by atoms with Gasteiger partial charge in [0.1, 0.15) is 11.7 Å². The summed E-state index contributed by atoms with van der Waals surface area (Å²) in [6.07, 6.45) is 0.183. The molecular weight excluding hydrogens is 328 g/mol. The maximum absolute atomic E-state index is 12.2. The highest BCUT2D eigenvalue weighted by molar-refractivity contribution is 7.88. The van der Waals surface area contributed by atoms with Gasteiger partial charge in [0.25, 0.3) is 0 Å². The van der Waals surface area contributed by atoms with Crippen LogP contribution in [-0.4, -0.2) is 67.0 Å². The number of aliphatic hydroxyl groups is 2. The molecule has 2 atom stereocenters. The standard InChI is InChI=1S/C13H20N2O5S2/c1-22(19,20)14-9-13(18)4-5-15(8-11(13)16)12(17)7-10-3-2-6-21-10/h2-3,6,11,14,16,18H,4-5,7-9H2,1H3/t11-,13-/m1/s1. The summed E-state index contributed by atoms with van der Waals surface area (Å²) < 4.78 is 24.4. The van der Waals surface area contributed by atoms with E-state index >= 15 is 0 Å². The van der Waals surface area contributed by atoms with Gasteiger partial charge < -0.3 is 15.1 Å². The van der Waals surface area contributed by atoms with Crippen molar-refractivity contribution in [2.24, 2.45) is 0 Å². The van der Waals surface area contributed by atoms with Gasteiger partial charge in [0.15, 0.2) is 0 Å². The van der Waals surface area contributed by atoms with Crippen LogP contribution in [0.1, 0.15) is 11.3 Å². The van der Waals surface area contributed by atoms with Gasteiger partial charge in [0.05, 0.1) is 12.7 Å². The first-order valence-electron chi connectivity index (χ1n) is 6.85. The van der Waals surface area contributed by atoms with E-state index in [1.807, 2.05) is 17.5 Å². The first-order valence-corrected chi connectivity index (χ1v) is 9.62. The summed E-state index contributed by atoms with van der Waals surface area (Å²) in [4.78, 5) is 14.6. The third kappa shape index (κ3) is 4.50. The van der Waals surface area contributed by atoms with E-state index in [9.17, 15) is 23.4 Å². The van der Waals surface area contributed by atoms with Gasteiger partial charge in [-0.05, 0) is 17.9 Å². The molecule has 0 aliphatic carbocycles. The summed E-state index contributed by atoms with van der Waals surface area (Å²) in [5.74, 6) is -0.111. The smallest absolute Gasteiger partial charge is 0.227 e. The van der Waals surface area contributed by atoms with Crippen LogP contribution in [0.5, 0.6) is 0 Å². The molecule has 0 radical (unpaired) electrons. The number of amides is 1. The van der Waals surface area contributed by atoms with Crippen LogP contribution in [0.2, 0.25) is 0 Å². The number of β-amino-alcohol motifs (C(OH)–C–C–N with tert-alkyl or cyclic N) is 1. The van der Waals surface area contributed by atoms with Gasteiger partial charge in [0.2, 0.25) is 15.9 Å². The van der Waals surface area contributed by atoms with Crippen molar-refractivity contribution in [2.75, 3.05) is 25.9 Å². The molecule has 3 N–H and O–H groups in total. The minimum absolute atomic E-state index is 0.00779. The highest BCUT2D eigenvalue weighted by Gasteiger charge is 2.42. The molecule has 1 amide bonds. The van der Waals surface area contributed by atoms with Crippen LogP contribution in [0.4, 0.5) is 0 Å². The molecule has 22 heavy (non-hydrogen) atoms. The zero-order chi connectivity index (χ0) is 16.4. The van der Waals surface area contributed by atoms with Crippen molar-refractivity contribution < 1.29 is 23.4 Å². The molecule has 2 heterocycles. The maximum atomic E-state index is 12.2. The van der Waals surface area contributed by atoms with E-state index in [-0.39, 0.29) is 38.4 Å². The molecule has 1 fully saturated rings. The fourth-order valence-corrected chi connectivity index (χ4v) is 3.54. The average molecular weight is 348 g/mol. The average Bonchev–Trinajstić information content (AvgIpc) is 2.92. The number of nitrogens with zero attached hydrogens (tertiary/aromatic N) is 1. The molecule has 0 saturated carbocycles. The lowest BCUT2D eigenvalue weighted by atomic mass is 9.88. The largest absolute Gasteiger partial charge is 0.388 e. The molecule has 1 saturated heterocycles. The summed E-state index contributed by atoms with van der Waals surface area (Å²) in [7, 11) is -3.45. The third-order valence-corrected chi connectivity index (χ3v) is 5.27. The molecule has 0 unspecified atom stereocenters. The number of hydrogen-bond donors (Lipinski definition) is 3. The molecule has 1 aromatic rings. The predicted molar refractivity (Wildman–Crippen MR) is 83.0 cm³/mol.